The number of carbonyl (C=O) groups is 2. The number of benzene rings is 2. The molecule has 0 unspecified atom stereocenters. The van der Waals surface area contributed by atoms with Gasteiger partial charge in [0.1, 0.15) is 4.88 Å². The lowest BCUT2D eigenvalue weighted by atomic mass is 10.0. The maximum absolute atomic E-state index is 13.2. The molecule has 1 N–H and O–H groups in total. The number of para-hydroxylation sites is 1. The van der Waals surface area contributed by atoms with Crippen molar-refractivity contribution >= 4 is 63.0 Å². The fourth-order valence-corrected chi connectivity index (χ4v) is 4.08. The summed E-state index contributed by atoms with van der Waals surface area (Å²) < 4.78 is 4.78. The van der Waals surface area contributed by atoms with Gasteiger partial charge >= 0.3 is 5.97 Å². The zero-order chi connectivity index (χ0) is 21.3. The Kier molecular flexibility index (Phi) is 5.72. The summed E-state index contributed by atoms with van der Waals surface area (Å²) in [7, 11) is 1.30. The molecule has 2 aromatic heterocycles. The van der Waals surface area contributed by atoms with Crippen molar-refractivity contribution < 1.29 is 14.3 Å². The number of rotatable bonds is 4. The molecule has 0 atom stereocenters. The number of thiophene rings is 1. The van der Waals surface area contributed by atoms with E-state index in [1.165, 1.54) is 18.4 Å². The Hall–Kier alpha value is -2.93. The number of halogens is 2. The molecule has 0 saturated carbocycles. The first-order valence-electron chi connectivity index (χ1n) is 8.80. The fourth-order valence-electron chi connectivity index (χ4n) is 3.01. The van der Waals surface area contributed by atoms with Gasteiger partial charge in [0.15, 0.2) is 0 Å². The third-order valence-corrected chi connectivity index (χ3v) is 6.09. The first-order valence-corrected chi connectivity index (χ1v) is 10.4. The highest BCUT2D eigenvalue weighted by molar-refractivity contribution is 7.12. The molecule has 2 aromatic carbocycles. The molecule has 2 heterocycles. The molecule has 8 heteroatoms. The summed E-state index contributed by atoms with van der Waals surface area (Å²) in [4.78, 5) is 30.1. The van der Waals surface area contributed by atoms with Crippen LogP contribution in [0.2, 0.25) is 10.0 Å². The SMILES string of the molecule is COC(=O)c1sccc1NC(=O)c1cc(-c2ccc(Cl)c(Cl)c2)nc2ccccc12. The maximum Gasteiger partial charge on any atom is 0.350 e. The molecular weight excluding hydrogens is 443 g/mol. The van der Waals surface area contributed by atoms with Crippen molar-refractivity contribution in [2.45, 2.75) is 0 Å². The molecule has 1 amide bonds. The van der Waals surface area contributed by atoms with Crippen LogP contribution in [0.25, 0.3) is 22.2 Å². The predicted molar refractivity (Wildman–Crippen MR) is 121 cm³/mol. The van der Waals surface area contributed by atoms with Gasteiger partial charge in [0, 0.05) is 10.9 Å². The molecule has 0 aliphatic rings. The first kappa shape index (κ1) is 20.3. The molecule has 0 spiro atoms. The van der Waals surface area contributed by atoms with E-state index in [1.807, 2.05) is 24.3 Å². The van der Waals surface area contributed by atoms with Crippen molar-refractivity contribution in [3.05, 3.63) is 80.5 Å². The number of methoxy groups -OCH3 is 1. The number of hydrogen-bond donors (Lipinski definition) is 1. The van der Waals surface area contributed by atoms with E-state index in [9.17, 15) is 9.59 Å². The van der Waals surface area contributed by atoms with E-state index in [1.54, 1.807) is 35.7 Å². The minimum Gasteiger partial charge on any atom is -0.465 e. The van der Waals surface area contributed by atoms with Gasteiger partial charge in [-0.05, 0) is 35.7 Å². The number of carbonyl (C=O) groups excluding carboxylic acids is 2. The van der Waals surface area contributed by atoms with Crippen LogP contribution in [0.5, 0.6) is 0 Å². The summed E-state index contributed by atoms with van der Waals surface area (Å²) in [5.41, 5.74) is 2.79. The maximum atomic E-state index is 13.2. The van der Waals surface area contributed by atoms with E-state index in [-0.39, 0.29) is 5.91 Å². The van der Waals surface area contributed by atoms with E-state index < -0.39 is 5.97 Å². The zero-order valence-corrected chi connectivity index (χ0v) is 17.9. The molecule has 150 valence electrons. The average molecular weight is 457 g/mol. The molecule has 0 aliphatic heterocycles. The Morgan fingerprint density at radius 1 is 1.03 bits per heavy atom. The van der Waals surface area contributed by atoms with Crippen molar-refractivity contribution in [1.29, 1.82) is 0 Å². The van der Waals surface area contributed by atoms with Gasteiger partial charge in [-0.25, -0.2) is 9.78 Å². The van der Waals surface area contributed by atoms with Crippen LogP contribution in [0, 0.1) is 0 Å². The minimum absolute atomic E-state index is 0.328. The molecule has 4 aromatic rings. The van der Waals surface area contributed by atoms with Gasteiger partial charge in [0.2, 0.25) is 0 Å². The van der Waals surface area contributed by atoms with Crippen molar-refractivity contribution in [2.75, 3.05) is 12.4 Å². The topological polar surface area (TPSA) is 68.3 Å². The van der Waals surface area contributed by atoms with Gasteiger partial charge in [-0.2, -0.15) is 0 Å². The molecule has 4 rings (SSSR count). The predicted octanol–water partition coefficient (Wildman–Crippen LogP) is 6.31. The van der Waals surface area contributed by atoms with Gasteiger partial charge in [-0.3, -0.25) is 4.79 Å². The van der Waals surface area contributed by atoms with Crippen LogP contribution < -0.4 is 5.32 Å². The van der Waals surface area contributed by atoms with E-state index in [0.29, 0.717) is 42.8 Å². The summed E-state index contributed by atoms with van der Waals surface area (Å²) in [6, 6.07) is 15.9. The van der Waals surface area contributed by atoms with Crippen LogP contribution in [0.1, 0.15) is 20.0 Å². The molecule has 5 nitrogen and oxygen atoms in total. The lowest BCUT2D eigenvalue weighted by Crippen LogP contribution is -2.15. The number of ether oxygens (including phenoxy) is 1. The Labute approximate surface area is 186 Å². The summed E-state index contributed by atoms with van der Waals surface area (Å²) in [5, 5.41) is 6.05. The number of esters is 1. The normalized spacial score (nSPS) is 10.8. The lowest BCUT2D eigenvalue weighted by molar-refractivity contribution is 0.0607. The summed E-state index contributed by atoms with van der Waals surface area (Å²) in [5.74, 6) is -0.866. The number of pyridine rings is 1. The number of fused-ring (bicyclic) bond motifs is 1. The molecule has 30 heavy (non-hydrogen) atoms. The second-order valence-corrected chi connectivity index (χ2v) is 8.04. The molecule has 0 saturated heterocycles. The highest BCUT2D eigenvalue weighted by Crippen LogP contribution is 2.31. The quantitative estimate of drug-likeness (QED) is 0.365. The summed E-state index contributed by atoms with van der Waals surface area (Å²) in [6.45, 7) is 0. The van der Waals surface area contributed by atoms with Gasteiger partial charge in [-0.1, -0.05) is 47.5 Å². The van der Waals surface area contributed by atoms with Gasteiger partial charge in [-0.15, -0.1) is 11.3 Å². The molecule has 0 fully saturated rings. The van der Waals surface area contributed by atoms with Crippen molar-refractivity contribution in [1.82, 2.24) is 4.98 Å². The second kappa shape index (κ2) is 8.44. The highest BCUT2D eigenvalue weighted by Gasteiger charge is 2.19. The van der Waals surface area contributed by atoms with Crippen LogP contribution in [-0.2, 0) is 4.74 Å². The zero-order valence-electron chi connectivity index (χ0n) is 15.6. The number of hydrogen-bond acceptors (Lipinski definition) is 5. The van der Waals surface area contributed by atoms with E-state index in [0.717, 1.165) is 5.56 Å². The van der Waals surface area contributed by atoms with Crippen molar-refractivity contribution in [3.63, 3.8) is 0 Å². The summed E-state index contributed by atoms with van der Waals surface area (Å²) >= 11 is 13.4. The largest absolute Gasteiger partial charge is 0.465 e. The summed E-state index contributed by atoms with van der Waals surface area (Å²) in [6.07, 6.45) is 0. The van der Waals surface area contributed by atoms with Crippen LogP contribution in [-0.4, -0.2) is 24.0 Å². The Morgan fingerprint density at radius 2 is 1.83 bits per heavy atom. The number of anilines is 1. The third kappa shape index (κ3) is 3.89. The number of nitrogens with one attached hydrogen (secondary N) is 1. The van der Waals surface area contributed by atoms with Crippen LogP contribution in [0.3, 0.4) is 0 Å². The van der Waals surface area contributed by atoms with Crippen LogP contribution >= 0.6 is 34.5 Å². The Balaban J connectivity index is 1.80. The number of amides is 1. The highest BCUT2D eigenvalue weighted by atomic mass is 35.5. The number of nitrogens with zero attached hydrogens (tertiary/aromatic N) is 1. The smallest absolute Gasteiger partial charge is 0.350 e. The minimum atomic E-state index is -0.503. The van der Waals surface area contributed by atoms with E-state index in [4.69, 9.17) is 27.9 Å². The molecule has 0 radical (unpaired) electrons. The van der Waals surface area contributed by atoms with Gasteiger partial charge < -0.3 is 10.1 Å². The van der Waals surface area contributed by atoms with Crippen molar-refractivity contribution in [2.24, 2.45) is 0 Å². The van der Waals surface area contributed by atoms with E-state index >= 15 is 0 Å². The van der Waals surface area contributed by atoms with Gasteiger partial charge in [0.05, 0.1) is 39.6 Å². The van der Waals surface area contributed by atoms with Crippen LogP contribution in [0.4, 0.5) is 5.69 Å². The van der Waals surface area contributed by atoms with E-state index in [2.05, 4.69) is 10.3 Å². The first-order chi connectivity index (χ1) is 14.5. The average Bonchev–Trinajstić information content (AvgIpc) is 3.22. The second-order valence-electron chi connectivity index (χ2n) is 6.31. The van der Waals surface area contributed by atoms with Gasteiger partial charge in [0.25, 0.3) is 5.91 Å². The number of aromatic nitrogens is 1. The van der Waals surface area contributed by atoms with Crippen LogP contribution in [0.15, 0.2) is 60.0 Å². The molecule has 0 bridgehead atoms. The third-order valence-electron chi connectivity index (χ3n) is 4.46. The monoisotopic (exact) mass is 456 g/mol. The molecule has 0 aliphatic carbocycles. The Bertz CT molecular complexity index is 1290. The van der Waals surface area contributed by atoms with Crippen molar-refractivity contribution in [3.8, 4) is 11.3 Å². The fraction of sp³-hybridized carbons (Fsp3) is 0.0455. The lowest BCUT2D eigenvalue weighted by Gasteiger charge is -2.11. The standard InChI is InChI=1S/C22H14Cl2N2O3S/c1-29-22(28)20-18(8-9-30-20)26-21(27)14-11-19(12-6-7-15(23)16(24)10-12)25-17-5-3-2-4-13(14)17/h2-11H,1H3,(H,26,27). The molecular formula is C22H14Cl2N2O3S. The Morgan fingerprint density at radius 3 is 2.60 bits per heavy atom.